The number of benzene rings is 11. The van der Waals surface area contributed by atoms with Crippen LogP contribution in [0.2, 0.25) is 5.02 Å². The molecule has 0 unspecified atom stereocenters. The van der Waals surface area contributed by atoms with Crippen molar-refractivity contribution >= 4 is 99.5 Å². The van der Waals surface area contributed by atoms with E-state index in [0.29, 0.717) is 5.02 Å². The molecule has 0 spiro atoms. The lowest BCUT2D eigenvalue weighted by Crippen LogP contribution is -2.17. The van der Waals surface area contributed by atoms with Crippen molar-refractivity contribution in [1.82, 2.24) is 0 Å². The quantitative estimate of drug-likeness (QED) is 0.119. The summed E-state index contributed by atoms with van der Waals surface area (Å²) >= 11 is 10.2. The Labute approximate surface area is 527 Å². The van der Waals surface area contributed by atoms with Crippen LogP contribution in [0.25, 0.3) is 75.8 Å². The van der Waals surface area contributed by atoms with E-state index in [-0.39, 0.29) is 27.1 Å². The van der Waals surface area contributed by atoms with Gasteiger partial charge in [0.15, 0.2) is 0 Å². The van der Waals surface area contributed by atoms with Gasteiger partial charge in [0.1, 0.15) is 0 Å². The van der Waals surface area contributed by atoms with Crippen LogP contribution in [-0.2, 0) is 27.1 Å². The van der Waals surface area contributed by atoms with E-state index in [4.69, 9.17) is 11.6 Å². The lowest BCUT2D eigenvalue weighted by molar-refractivity contribution is 0.506. The van der Waals surface area contributed by atoms with Crippen LogP contribution < -0.4 is 9.80 Å². The molecular weight excluding hydrogens is 1090 g/mol. The van der Waals surface area contributed by atoms with Crippen LogP contribution in [0.4, 0.5) is 34.1 Å². The largest absolute Gasteiger partial charge is 0.308 e. The van der Waals surface area contributed by atoms with Crippen molar-refractivity contribution in [1.29, 1.82) is 0 Å². The Morgan fingerprint density at radius 3 is 1.31 bits per heavy atom. The summed E-state index contributed by atoms with van der Waals surface area (Å²) in [6.45, 7) is 34.5. The van der Waals surface area contributed by atoms with Gasteiger partial charge in [-0.3, -0.25) is 0 Å². The fraction of sp³-hybridized carbons (Fsp3) is 0.253. The molecule has 0 N–H and O–H groups in total. The molecular formula is C83H83ClN2S. The number of nitrogens with zero attached hydrogens (tertiary/aromatic N) is 2. The summed E-state index contributed by atoms with van der Waals surface area (Å²) in [7, 11) is 0. The Morgan fingerprint density at radius 1 is 0.322 bits per heavy atom. The van der Waals surface area contributed by atoms with E-state index < -0.39 is 0 Å². The molecule has 0 aliphatic rings. The minimum Gasteiger partial charge on any atom is -0.308 e. The van der Waals surface area contributed by atoms with Crippen molar-refractivity contribution in [3.05, 3.63) is 251 Å². The Hall–Kier alpha value is -7.95. The third kappa shape index (κ3) is 11.3. The standard InChI is InChI=1S/C83H83ClN2S/c1-16-83(14,15)58-37-41-61(42-38-58)85(76-52-87-77-47-40-60(50-72(76)77)82(11,12)13)74-26-21-27-75(78(74)84)86(62-43-45-63(53-28-33-56(34-29-53)79(2,3)4)69(51-62)54-30-35-57(36-31-54)80(5,6)7)73-46-39-59(81(8,9)10)49-70(73)55-32-44-68-66-24-18-17-22-64(66)65-23-19-20-25-67(65)71(68)48-55/h17-52H,16H2,1-15H3. The third-order valence-corrected chi connectivity index (χ3v) is 19.8. The molecule has 0 aliphatic heterocycles. The second-order valence-corrected chi connectivity index (χ2v) is 30.2. The SMILES string of the molecule is CCC(C)(C)c1ccc(N(c2cccc(N(c3ccc(-c4ccc(C(C)(C)C)cc4)c(-c4ccc(C(C)(C)C)cc4)c3)c3ccc(C(C)(C)C)cc3-c3ccc4c5ccccc5c5ccccc5c4c3)c2Cl)c2csc3ccc(C(C)(C)C)cc23)cc1. The number of hydrogen-bond acceptors (Lipinski definition) is 3. The first-order valence-electron chi connectivity index (χ1n) is 31.1. The number of halogens is 1. The fourth-order valence-corrected chi connectivity index (χ4v) is 13.8. The molecule has 4 heteroatoms. The maximum Gasteiger partial charge on any atom is 0.0887 e. The normalized spacial score (nSPS) is 12.6. The molecule has 0 saturated heterocycles. The molecule has 0 atom stereocenters. The highest BCUT2D eigenvalue weighted by Crippen LogP contribution is 2.53. The zero-order valence-corrected chi connectivity index (χ0v) is 55.2. The van der Waals surface area contributed by atoms with Gasteiger partial charge >= 0.3 is 0 Å². The van der Waals surface area contributed by atoms with Crippen LogP contribution in [0.15, 0.2) is 218 Å². The molecule has 12 rings (SSSR count). The van der Waals surface area contributed by atoms with Crippen LogP contribution in [0, 0.1) is 0 Å². The van der Waals surface area contributed by atoms with E-state index in [1.165, 1.54) is 81.3 Å². The summed E-state index contributed by atoms with van der Waals surface area (Å²) < 4.78 is 1.23. The van der Waals surface area contributed by atoms with Gasteiger partial charge in [0.2, 0.25) is 0 Å². The number of hydrogen-bond donors (Lipinski definition) is 0. The van der Waals surface area contributed by atoms with Crippen LogP contribution >= 0.6 is 22.9 Å². The summed E-state index contributed by atoms with van der Waals surface area (Å²) in [4.78, 5) is 4.86. The molecule has 0 radical (unpaired) electrons. The highest BCUT2D eigenvalue weighted by Gasteiger charge is 2.30. The highest BCUT2D eigenvalue weighted by atomic mass is 35.5. The smallest absolute Gasteiger partial charge is 0.0887 e. The minimum absolute atomic E-state index is 0.00542. The molecule has 12 aromatic rings. The van der Waals surface area contributed by atoms with E-state index >= 15 is 0 Å². The molecule has 1 heterocycles. The molecule has 87 heavy (non-hydrogen) atoms. The lowest BCUT2D eigenvalue weighted by atomic mass is 9.82. The molecule has 0 fully saturated rings. The fourth-order valence-electron chi connectivity index (χ4n) is 12.6. The molecule has 2 nitrogen and oxygen atoms in total. The maximum atomic E-state index is 8.46. The average Bonchev–Trinajstić information content (AvgIpc) is 1.35. The predicted octanol–water partition coefficient (Wildman–Crippen LogP) is 25.8. The van der Waals surface area contributed by atoms with E-state index in [0.717, 1.165) is 62.8 Å². The zero-order chi connectivity index (χ0) is 61.5. The summed E-state index contributed by atoms with van der Waals surface area (Å²) in [6, 6.07) is 80.4. The molecule has 1 aromatic heterocycles. The first kappa shape index (κ1) is 59.4. The van der Waals surface area contributed by atoms with Gasteiger partial charge in [-0.25, -0.2) is 0 Å². The van der Waals surface area contributed by atoms with Crippen molar-refractivity contribution in [2.75, 3.05) is 9.80 Å². The lowest BCUT2D eigenvalue weighted by Gasteiger charge is -2.33. The van der Waals surface area contributed by atoms with Gasteiger partial charge < -0.3 is 9.80 Å². The number of thiophene rings is 1. The summed E-state index contributed by atoms with van der Waals surface area (Å²) in [5.74, 6) is 0. The molecule has 0 aliphatic carbocycles. The van der Waals surface area contributed by atoms with E-state index in [2.05, 4.69) is 331 Å². The Bertz CT molecular complexity index is 4520. The van der Waals surface area contributed by atoms with Crippen molar-refractivity contribution in [3.63, 3.8) is 0 Å². The van der Waals surface area contributed by atoms with Gasteiger partial charge in [-0.2, -0.15) is 0 Å². The van der Waals surface area contributed by atoms with Gasteiger partial charge in [-0.05, 0) is 188 Å². The minimum atomic E-state index is -0.148. The summed E-state index contributed by atoms with van der Waals surface area (Å²) in [5.41, 5.74) is 19.1. The van der Waals surface area contributed by atoms with Crippen LogP contribution in [0.3, 0.4) is 0 Å². The van der Waals surface area contributed by atoms with Crippen molar-refractivity contribution in [3.8, 4) is 33.4 Å². The Balaban J connectivity index is 1.16. The predicted molar refractivity (Wildman–Crippen MR) is 383 cm³/mol. The van der Waals surface area contributed by atoms with Gasteiger partial charge in [0, 0.05) is 32.4 Å². The Kier molecular flexibility index (Phi) is 15.2. The first-order valence-corrected chi connectivity index (χ1v) is 32.4. The van der Waals surface area contributed by atoms with Gasteiger partial charge in [-0.1, -0.05) is 261 Å². The van der Waals surface area contributed by atoms with Crippen LogP contribution in [0.5, 0.6) is 0 Å². The highest BCUT2D eigenvalue weighted by molar-refractivity contribution is 7.17. The Morgan fingerprint density at radius 2 is 0.770 bits per heavy atom. The summed E-state index contributed by atoms with van der Waals surface area (Å²) in [6.07, 6.45) is 1.03. The number of fused-ring (bicyclic) bond motifs is 7. The van der Waals surface area contributed by atoms with Crippen molar-refractivity contribution in [2.45, 2.75) is 137 Å². The number of anilines is 6. The van der Waals surface area contributed by atoms with Crippen molar-refractivity contribution < 1.29 is 0 Å². The van der Waals surface area contributed by atoms with Crippen LogP contribution in [-0.4, -0.2) is 0 Å². The molecule has 438 valence electrons. The van der Waals surface area contributed by atoms with E-state index in [1.807, 2.05) is 0 Å². The van der Waals surface area contributed by atoms with Gasteiger partial charge in [0.05, 0.1) is 27.8 Å². The van der Waals surface area contributed by atoms with E-state index in [1.54, 1.807) is 11.3 Å². The first-order chi connectivity index (χ1) is 41.3. The van der Waals surface area contributed by atoms with E-state index in [9.17, 15) is 0 Å². The van der Waals surface area contributed by atoms with Crippen LogP contribution in [0.1, 0.15) is 138 Å². The zero-order valence-electron chi connectivity index (χ0n) is 53.7. The molecule has 0 saturated carbocycles. The van der Waals surface area contributed by atoms with Gasteiger partial charge in [0.25, 0.3) is 0 Å². The molecule has 0 amide bonds. The average molecular weight is 1180 g/mol. The molecule has 11 aromatic carbocycles. The summed E-state index contributed by atoms with van der Waals surface area (Å²) in [5, 5.41) is 11.6. The topological polar surface area (TPSA) is 6.48 Å². The third-order valence-electron chi connectivity index (χ3n) is 18.4. The monoisotopic (exact) mass is 1170 g/mol. The van der Waals surface area contributed by atoms with Gasteiger partial charge in [-0.15, -0.1) is 11.3 Å². The second-order valence-electron chi connectivity index (χ2n) is 28.9. The number of rotatable bonds is 11. The van der Waals surface area contributed by atoms with Crippen molar-refractivity contribution in [2.24, 2.45) is 0 Å². The second kappa shape index (κ2) is 22.3. The molecule has 0 bridgehead atoms. The maximum absolute atomic E-state index is 8.46.